The first-order valence-corrected chi connectivity index (χ1v) is 14.8. The van der Waals surface area contributed by atoms with Gasteiger partial charge in [0.15, 0.2) is 0 Å². The number of rotatable bonds is 10. The Bertz CT molecular complexity index is 1670. The van der Waals surface area contributed by atoms with Crippen molar-refractivity contribution >= 4 is 35.5 Å². The van der Waals surface area contributed by atoms with Gasteiger partial charge in [0, 0.05) is 47.7 Å². The second-order valence-corrected chi connectivity index (χ2v) is 11.5. The Morgan fingerprint density at radius 2 is 1.28 bits per heavy atom. The van der Waals surface area contributed by atoms with Crippen LogP contribution in [0.25, 0.3) is 12.2 Å². The number of hydrogen-bond acceptors (Lipinski definition) is 6. The van der Waals surface area contributed by atoms with Crippen molar-refractivity contribution in [3.05, 3.63) is 78.7 Å². The summed E-state index contributed by atoms with van der Waals surface area (Å²) >= 11 is 0. The first-order chi connectivity index (χ1) is 20.4. The average Bonchev–Trinajstić information content (AvgIpc) is 3.61. The molecular formula is C35H44N4O4. The van der Waals surface area contributed by atoms with Gasteiger partial charge in [-0.3, -0.25) is 19.6 Å². The summed E-state index contributed by atoms with van der Waals surface area (Å²) in [4.78, 5) is 41.3. The van der Waals surface area contributed by atoms with Crippen LogP contribution < -0.4 is 0 Å². The van der Waals surface area contributed by atoms with Gasteiger partial charge < -0.3 is 19.4 Å². The van der Waals surface area contributed by atoms with Gasteiger partial charge in [-0.1, -0.05) is 0 Å². The molecule has 4 heterocycles. The van der Waals surface area contributed by atoms with E-state index in [0.717, 1.165) is 73.4 Å². The molecule has 0 saturated heterocycles. The van der Waals surface area contributed by atoms with Crippen molar-refractivity contribution in [2.75, 3.05) is 14.2 Å². The Kier molecular flexibility index (Phi) is 9.58. The lowest BCUT2D eigenvalue weighted by Gasteiger charge is -2.09. The van der Waals surface area contributed by atoms with Gasteiger partial charge in [0.25, 0.3) is 0 Å². The lowest BCUT2D eigenvalue weighted by atomic mass is 9.95. The summed E-state index contributed by atoms with van der Waals surface area (Å²) in [5.41, 5.74) is 16.9. The molecule has 0 aliphatic carbocycles. The van der Waals surface area contributed by atoms with Crippen molar-refractivity contribution in [2.24, 2.45) is 9.98 Å². The number of aryl methyl sites for hydroxylation is 1. The third-order valence-electron chi connectivity index (χ3n) is 9.10. The van der Waals surface area contributed by atoms with E-state index in [1.807, 2.05) is 6.92 Å². The second kappa shape index (κ2) is 13.0. The van der Waals surface area contributed by atoms with Crippen LogP contribution in [0.15, 0.2) is 43.7 Å². The van der Waals surface area contributed by atoms with Crippen LogP contribution in [0.1, 0.15) is 92.0 Å². The maximum absolute atomic E-state index is 12.1. The molecule has 0 aromatic carbocycles. The van der Waals surface area contributed by atoms with Gasteiger partial charge in [0.2, 0.25) is 0 Å². The van der Waals surface area contributed by atoms with E-state index < -0.39 is 0 Å². The molecule has 2 aliphatic rings. The standard InChI is InChI=1S/C35H44N4O4/c1-18-20(3)28(36-24(18)7)15-30-22(5)26(11-13-34(40)42-9)32(38-30)17-33-27(12-14-35(41)43-10)23(6)31(39-33)16-29-21(4)19(2)25(8)37-29/h15-16,36,39H,11-14,17H2,1-10H3/b29-16-,30-15-/i7+1. The van der Waals surface area contributed by atoms with Crippen LogP contribution >= 0.6 is 0 Å². The Morgan fingerprint density at radius 3 is 1.81 bits per heavy atom. The van der Waals surface area contributed by atoms with Crippen molar-refractivity contribution < 1.29 is 19.1 Å². The fourth-order valence-electron chi connectivity index (χ4n) is 5.71. The second-order valence-electron chi connectivity index (χ2n) is 11.5. The highest BCUT2D eigenvalue weighted by atomic mass is 16.5. The van der Waals surface area contributed by atoms with Crippen LogP contribution in [0.5, 0.6) is 0 Å². The maximum Gasteiger partial charge on any atom is 0.305 e. The molecule has 8 heteroatoms. The molecule has 2 aromatic rings. The minimum absolute atomic E-state index is 0.248. The maximum atomic E-state index is 12.1. The molecule has 0 atom stereocenters. The zero-order valence-corrected chi connectivity index (χ0v) is 27.2. The molecule has 0 saturated carbocycles. The van der Waals surface area contributed by atoms with Gasteiger partial charge >= 0.3 is 11.9 Å². The summed E-state index contributed by atoms with van der Waals surface area (Å²) in [6.07, 6.45) is 6.34. The van der Waals surface area contributed by atoms with Gasteiger partial charge in [-0.25, -0.2) is 0 Å². The SMILES string of the molecule is COC(=O)CCC1=C(C)/C(=C/c2[nH]c([13CH3])c(C)c2C)N=C1Cc1[nH]c(/C=C2\N=C(C)C(C)=C2C)c(C)c1CCC(=O)OC. The van der Waals surface area contributed by atoms with Crippen LogP contribution in [0, 0.1) is 27.7 Å². The quantitative estimate of drug-likeness (QED) is 0.228. The normalized spacial score (nSPS) is 17.0. The molecule has 0 bridgehead atoms. The molecule has 43 heavy (non-hydrogen) atoms. The monoisotopic (exact) mass is 585 g/mol. The molecule has 0 amide bonds. The lowest BCUT2D eigenvalue weighted by Crippen LogP contribution is -2.10. The highest BCUT2D eigenvalue weighted by molar-refractivity contribution is 6.07. The molecule has 2 aromatic heterocycles. The highest BCUT2D eigenvalue weighted by Gasteiger charge is 2.25. The molecule has 0 unspecified atom stereocenters. The van der Waals surface area contributed by atoms with E-state index >= 15 is 0 Å². The molecule has 2 N–H and O–H groups in total. The number of nitrogens with one attached hydrogen (secondary N) is 2. The summed E-state index contributed by atoms with van der Waals surface area (Å²) in [6, 6.07) is 0. The number of carbonyl (C=O) groups excluding carboxylic acids is 2. The zero-order chi connectivity index (χ0) is 31.6. The minimum Gasteiger partial charge on any atom is -0.469 e. The first kappa shape index (κ1) is 31.7. The summed E-state index contributed by atoms with van der Waals surface area (Å²) in [6.45, 7) is 16.7. The molecule has 8 nitrogen and oxygen atoms in total. The van der Waals surface area contributed by atoms with Gasteiger partial charge in [-0.2, -0.15) is 0 Å². The van der Waals surface area contributed by atoms with Crippen molar-refractivity contribution in [3.8, 4) is 0 Å². The Morgan fingerprint density at radius 1 is 0.698 bits per heavy atom. The van der Waals surface area contributed by atoms with E-state index in [4.69, 9.17) is 19.5 Å². The van der Waals surface area contributed by atoms with Crippen molar-refractivity contribution in [2.45, 2.75) is 87.5 Å². The third-order valence-corrected chi connectivity index (χ3v) is 9.10. The third kappa shape index (κ3) is 6.58. The predicted octanol–water partition coefficient (Wildman–Crippen LogP) is 7.14. The van der Waals surface area contributed by atoms with Gasteiger partial charge in [-0.05, 0) is 125 Å². The first-order valence-electron chi connectivity index (χ1n) is 14.8. The number of carbonyl (C=O) groups is 2. The number of hydrogen-bond donors (Lipinski definition) is 2. The van der Waals surface area contributed by atoms with E-state index in [-0.39, 0.29) is 24.8 Å². The Labute approximate surface area is 254 Å². The van der Waals surface area contributed by atoms with Gasteiger partial charge in [0.05, 0.1) is 31.3 Å². The largest absolute Gasteiger partial charge is 0.469 e. The number of aromatic amines is 2. The van der Waals surface area contributed by atoms with Gasteiger partial charge in [0.1, 0.15) is 0 Å². The molecule has 0 spiro atoms. The number of H-pyrrole nitrogens is 2. The van der Waals surface area contributed by atoms with E-state index in [9.17, 15) is 9.59 Å². The highest BCUT2D eigenvalue weighted by Crippen LogP contribution is 2.34. The van der Waals surface area contributed by atoms with Gasteiger partial charge in [-0.15, -0.1) is 0 Å². The number of nitrogens with zero attached hydrogens (tertiary/aromatic N) is 2. The fraction of sp³-hybridized carbons (Fsp3) is 0.429. The topological polar surface area (TPSA) is 109 Å². The summed E-state index contributed by atoms with van der Waals surface area (Å²) in [5, 5.41) is 0. The van der Waals surface area contributed by atoms with Crippen LogP contribution in [-0.2, 0) is 31.9 Å². The van der Waals surface area contributed by atoms with Crippen molar-refractivity contribution in [1.29, 1.82) is 0 Å². The fourth-order valence-corrected chi connectivity index (χ4v) is 5.71. The molecule has 0 fully saturated rings. The minimum atomic E-state index is -0.252. The summed E-state index contributed by atoms with van der Waals surface area (Å²) < 4.78 is 9.90. The van der Waals surface area contributed by atoms with E-state index in [1.165, 1.54) is 30.9 Å². The van der Waals surface area contributed by atoms with Crippen molar-refractivity contribution in [3.63, 3.8) is 0 Å². The Hall–Kier alpha value is -4.20. The van der Waals surface area contributed by atoms with E-state index in [1.54, 1.807) is 0 Å². The smallest absolute Gasteiger partial charge is 0.305 e. The molecule has 4 rings (SSSR count). The van der Waals surface area contributed by atoms with Crippen LogP contribution in [0.3, 0.4) is 0 Å². The summed E-state index contributed by atoms with van der Waals surface area (Å²) in [7, 11) is 2.83. The Balaban J connectivity index is 1.78. The van der Waals surface area contributed by atoms with Crippen LogP contribution in [-0.4, -0.2) is 47.5 Å². The van der Waals surface area contributed by atoms with E-state index in [0.29, 0.717) is 19.3 Å². The summed E-state index contributed by atoms with van der Waals surface area (Å²) in [5.74, 6) is -0.500. The van der Waals surface area contributed by atoms with Crippen LogP contribution in [0.2, 0.25) is 0 Å². The molecule has 0 radical (unpaired) electrons. The molecule has 228 valence electrons. The van der Waals surface area contributed by atoms with Crippen molar-refractivity contribution in [1.82, 2.24) is 9.97 Å². The average molecular weight is 586 g/mol. The molecular weight excluding hydrogens is 541 g/mol. The molecule has 2 aliphatic heterocycles. The number of ether oxygens (including phenoxy) is 2. The lowest BCUT2D eigenvalue weighted by molar-refractivity contribution is -0.141. The zero-order valence-electron chi connectivity index (χ0n) is 27.2. The number of aromatic nitrogens is 2. The van der Waals surface area contributed by atoms with E-state index in [2.05, 4.69) is 70.6 Å². The number of methoxy groups -OCH3 is 2. The number of allylic oxidation sites excluding steroid dienone is 4. The number of aliphatic imine (C=N–C) groups is 2. The van der Waals surface area contributed by atoms with Crippen LogP contribution in [0.4, 0.5) is 0 Å². The predicted molar refractivity (Wildman–Crippen MR) is 173 cm³/mol. The number of esters is 2.